The molecule has 4 nitrogen and oxygen atoms in total. The predicted molar refractivity (Wildman–Crippen MR) is 53.0 cm³/mol. The van der Waals surface area contributed by atoms with Crippen LogP contribution in [0.3, 0.4) is 0 Å². The van der Waals surface area contributed by atoms with Crippen LogP contribution in [0.25, 0.3) is 0 Å². The highest BCUT2D eigenvalue weighted by Crippen LogP contribution is 2.29. The Hall–Kier alpha value is -1.63. The average Bonchev–Trinajstić information content (AvgIpc) is 2.20. The van der Waals surface area contributed by atoms with Crippen molar-refractivity contribution in [2.24, 2.45) is 0 Å². The van der Waals surface area contributed by atoms with Gasteiger partial charge in [0.05, 0.1) is 18.0 Å². The SMILES string of the molecule is Nc1cc(F)c(OC(F)F)cc1NCCO. The van der Waals surface area contributed by atoms with Crippen LogP contribution < -0.4 is 15.8 Å². The molecule has 1 aromatic rings. The van der Waals surface area contributed by atoms with Crippen LogP contribution in [0.1, 0.15) is 0 Å². The molecule has 0 saturated carbocycles. The van der Waals surface area contributed by atoms with Gasteiger partial charge in [-0.3, -0.25) is 0 Å². The summed E-state index contributed by atoms with van der Waals surface area (Å²) in [5, 5.41) is 11.2. The summed E-state index contributed by atoms with van der Waals surface area (Å²) in [5.41, 5.74) is 5.71. The van der Waals surface area contributed by atoms with Crippen LogP contribution in [0.2, 0.25) is 0 Å². The number of nitrogens with one attached hydrogen (secondary N) is 1. The van der Waals surface area contributed by atoms with Gasteiger partial charge < -0.3 is 20.9 Å². The van der Waals surface area contributed by atoms with Crippen LogP contribution in [0.5, 0.6) is 5.75 Å². The van der Waals surface area contributed by atoms with Gasteiger partial charge in [-0.05, 0) is 0 Å². The van der Waals surface area contributed by atoms with Crippen LogP contribution in [0.4, 0.5) is 24.5 Å². The standard InChI is InChI=1S/C9H11F3N2O2/c10-5-3-6(13)7(14-1-2-15)4-8(5)16-9(11)12/h3-4,9,14-15H,1-2,13H2. The maximum Gasteiger partial charge on any atom is 0.387 e. The van der Waals surface area contributed by atoms with E-state index in [-0.39, 0.29) is 24.5 Å². The zero-order valence-corrected chi connectivity index (χ0v) is 8.21. The van der Waals surface area contributed by atoms with Crippen molar-refractivity contribution in [2.45, 2.75) is 6.61 Å². The molecule has 0 radical (unpaired) electrons. The average molecular weight is 236 g/mol. The molecule has 0 aliphatic rings. The zero-order valence-electron chi connectivity index (χ0n) is 8.21. The Morgan fingerprint density at radius 3 is 2.69 bits per heavy atom. The fraction of sp³-hybridized carbons (Fsp3) is 0.333. The smallest absolute Gasteiger partial charge is 0.387 e. The predicted octanol–water partition coefficient (Wildman–Crippen LogP) is 1.41. The van der Waals surface area contributed by atoms with Gasteiger partial charge in [-0.1, -0.05) is 0 Å². The molecular weight excluding hydrogens is 225 g/mol. The molecule has 0 unspecified atom stereocenters. The first-order chi connectivity index (χ1) is 7.54. The fourth-order valence-corrected chi connectivity index (χ4v) is 1.10. The van der Waals surface area contributed by atoms with E-state index in [1.54, 1.807) is 0 Å². The van der Waals surface area contributed by atoms with Crippen LogP contribution in [0.15, 0.2) is 12.1 Å². The number of alkyl halides is 2. The molecule has 0 atom stereocenters. The maximum absolute atomic E-state index is 13.1. The second-order valence-electron chi connectivity index (χ2n) is 2.90. The van der Waals surface area contributed by atoms with Gasteiger partial charge >= 0.3 is 6.61 Å². The normalized spacial score (nSPS) is 10.6. The van der Waals surface area contributed by atoms with Crippen molar-refractivity contribution in [1.82, 2.24) is 0 Å². The summed E-state index contributed by atoms with van der Waals surface area (Å²) in [7, 11) is 0. The van der Waals surface area contributed by atoms with Crippen molar-refractivity contribution in [3.05, 3.63) is 17.9 Å². The second kappa shape index (κ2) is 5.45. The number of nitrogens with two attached hydrogens (primary N) is 1. The molecule has 0 aliphatic heterocycles. The fourth-order valence-electron chi connectivity index (χ4n) is 1.10. The molecule has 0 heterocycles. The number of halogens is 3. The zero-order chi connectivity index (χ0) is 12.1. The van der Waals surface area contributed by atoms with E-state index in [1.807, 2.05) is 0 Å². The monoisotopic (exact) mass is 236 g/mol. The molecule has 0 fully saturated rings. The van der Waals surface area contributed by atoms with Crippen molar-refractivity contribution >= 4 is 11.4 Å². The Morgan fingerprint density at radius 1 is 1.44 bits per heavy atom. The molecule has 0 amide bonds. The Kier molecular flexibility index (Phi) is 4.24. The number of aliphatic hydroxyl groups excluding tert-OH is 1. The van der Waals surface area contributed by atoms with Gasteiger partial charge in [0.2, 0.25) is 0 Å². The topological polar surface area (TPSA) is 67.5 Å². The van der Waals surface area contributed by atoms with Gasteiger partial charge in [0.25, 0.3) is 0 Å². The maximum atomic E-state index is 13.1. The lowest BCUT2D eigenvalue weighted by molar-refractivity contribution is -0.0521. The van der Waals surface area contributed by atoms with E-state index in [2.05, 4.69) is 10.1 Å². The Balaban J connectivity index is 2.92. The summed E-state index contributed by atoms with van der Waals surface area (Å²) in [4.78, 5) is 0. The van der Waals surface area contributed by atoms with E-state index in [0.29, 0.717) is 0 Å². The lowest BCUT2D eigenvalue weighted by atomic mass is 10.2. The highest BCUT2D eigenvalue weighted by atomic mass is 19.3. The summed E-state index contributed by atoms with van der Waals surface area (Å²) in [6.07, 6.45) is 0. The van der Waals surface area contributed by atoms with Crippen LogP contribution in [0, 0.1) is 5.82 Å². The minimum atomic E-state index is -3.11. The summed E-state index contributed by atoms with van der Waals surface area (Å²) >= 11 is 0. The van der Waals surface area contributed by atoms with Crippen LogP contribution in [-0.2, 0) is 0 Å². The van der Waals surface area contributed by atoms with Crippen LogP contribution >= 0.6 is 0 Å². The minimum absolute atomic E-state index is 0.0487. The Labute approximate surface area is 89.8 Å². The van der Waals surface area contributed by atoms with Gasteiger partial charge in [0, 0.05) is 18.7 Å². The number of hydrogen-bond acceptors (Lipinski definition) is 4. The molecule has 16 heavy (non-hydrogen) atoms. The van der Waals surface area contributed by atoms with E-state index >= 15 is 0 Å². The Bertz CT molecular complexity index is 361. The number of hydrogen-bond donors (Lipinski definition) is 3. The quantitative estimate of drug-likeness (QED) is 0.676. The van der Waals surface area contributed by atoms with E-state index in [0.717, 1.165) is 12.1 Å². The molecule has 1 rings (SSSR count). The number of anilines is 2. The summed E-state index contributed by atoms with van der Waals surface area (Å²) < 4.78 is 40.9. The number of aliphatic hydroxyl groups is 1. The summed E-state index contributed by atoms with van der Waals surface area (Å²) in [6.45, 7) is -3.10. The first kappa shape index (κ1) is 12.4. The van der Waals surface area contributed by atoms with E-state index in [9.17, 15) is 13.2 Å². The van der Waals surface area contributed by atoms with E-state index < -0.39 is 18.2 Å². The van der Waals surface area contributed by atoms with Gasteiger partial charge in [0.1, 0.15) is 0 Å². The first-order valence-electron chi connectivity index (χ1n) is 4.43. The highest BCUT2D eigenvalue weighted by Gasteiger charge is 2.12. The van der Waals surface area contributed by atoms with Gasteiger partial charge in [0.15, 0.2) is 11.6 Å². The lowest BCUT2D eigenvalue weighted by Gasteiger charge is -2.11. The van der Waals surface area contributed by atoms with Crippen molar-refractivity contribution in [3.63, 3.8) is 0 Å². The molecule has 1 aromatic carbocycles. The first-order valence-corrected chi connectivity index (χ1v) is 4.43. The van der Waals surface area contributed by atoms with Gasteiger partial charge in [-0.15, -0.1) is 0 Å². The van der Waals surface area contributed by atoms with Crippen molar-refractivity contribution in [3.8, 4) is 5.75 Å². The molecular formula is C9H11F3N2O2. The number of ether oxygens (including phenoxy) is 1. The molecule has 0 aliphatic carbocycles. The molecule has 0 saturated heterocycles. The number of benzene rings is 1. The Morgan fingerprint density at radius 2 is 2.12 bits per heavy atom. The van der Waals surface area contributed by atoms with Crippen molar-refractivity contribution in [1.29, 1.82) is 0 Å². The molecule has 0 bridgehead atoms. The largest absolute Gasteiger partial charge is 0.432 e. The molecule has 0 aromatic heterocycles. The molecule has 0 spiro atoms. The van der Waals surface area contributed by atoms with Crippen LogP contribution in [-0.4, -0.2) is 24.9 Å². The lowest BCUT2D eigenvalue weighted by Crippen LogP contribution is -2.09. The van der Waals surface area contributed by atoms with Crippen molar-refractivity contribution < 1.29 is 23.0 Å². The number of nitrogen functional groups attached to an aromatic ring is 1. The second-order valence-corrected chi connectivity index (χ2v) is 2.90. The van der Waals surface area contributed by atoms with E-state index in [4.69, 9.17) is 10.8 Å². The third-order valence-corrected chi connectivity index (χ3v) is 1.75. The van der Waals surface area contributed by atoms with E-state index in [1.165, 1.54) is 0 Å². The molecule has 7 heteroatoms. The van der Waals surface area contributed by atoms with Gasteiger partial charge in [-0.2, -0.15) is 8.78 Å². The molecule has 4 N–H and O–H groups in total. The third-order valence-electron chi connectivity index (χ3n) is 1.75. The summed E-state index contributed by atoms with van der Waals surface area (Å²) in [6, 6.07) is 1.89. The highest BCUT2D eigenvalue weighted by molar-refractivity contribution is 5.68. The minimum Gasteiger partial charge on any atom is -0.432 e. The van der Waals surface area contributed by atoms with Gasteiger partial charge in [-0.25, -0.2) is 4.39 Å². The summed E-state index contributed by atoms with van der Waals surface area (Å²) in [5.74, 6) is -1.56. The third kappa shape index (κ3) is 3.20. The van der Waals surface area contributed by atoms with Crippen molar-refractivity contribution in [2.75, 3.05) is 24.2 Å². The molecule has 90 valence electrons. The number of rotatable bonds is 5.